The summed E-state index contributed by atoms with van der Waals surface area (Å²) in [5.74, 6) is 0.0376. The van der Waals surface area contributed by atoms with Crippen molar-refractivity contribution in [3.8, 4) is 0 Å². The Hall–Kier alpha value is -1.13. The van der Waals surface area contributed by atoms with Gasteiger partial charge in [-0.05, 0) is 43.0 Å². The van der Waals surface area contributed by atoms with Crippen LogP contribution in [0.5, 0.6) is 0 Å². The smallest absolute Gasteiger partial charge is 0.224 e. The van der Waals surface area contributed by atoms with Crippen LogP contribution in [0, 0.1) is 17.7 Å². The summed E-state index contributed by atoms with van der Waals surface area (Å²) in [4.78, 5) is 11.9. The molecule has 0 fully saturated rings. The molecule has 106 valence electrons. The average molecular weight is 287 g/mol. The van der Waals surface area contributed by atoms with Gasteiger partial charge in [-0.2, -0.15) is 0 Å². The molecule has 5 heteroatoms. The number of nitrogens with two attached hydrogens (primary N) is 1. The molecule has 0 saturated carbocycles. The Kier molecular flexibility index (Phi) is 6.25. The zero-order chi connectivity index (χ0) is 14.4. The van der Waals surface area contributed by atoms with Gasteiger partial charge in [0.15, 0.2) is 0 Å². The fourth-order valence-electron chi connectivity index (χ4n) is 1.98. The van der Waals surface area contributed by atoms with E-state index in [9.17, 15) is 9.18 Å². The lowest BCUT2D eigenvalue weighted by molar-refractivity contribution is -0.117. The molecule has 1 atom stereocenters. The monoisotopic (exact) mass is 286 g/mol. The Balaban J connectivity index is 2.56. The van der Waals surface area contributed by atoms with Crippen molar-refractivity contribution in [2.45, 2.75) is 26.7 Å². The van der Waals surface area contributed by atoms with Crippen LogP contribution in [-0.4, -0.2) is 12.5 Å². The minimum Gasteiger partial charge on any atom is -0.330 e. The Morgan fingerprint density at radius 2 is 2.16 bits per heavy atom. The van der Waals surface area contributed by atoms with Gasteiger partial charge < -0.3 is 11.1 Å². The van der Waals surface area contributed by atoms with E-state index in [2.05, 4.69) is 19.2 Å². The minimum absolute atomic E-state index is 0.00430. The third kappa shape index (κ3) is 5.57. The van der Waals surface area contributed by atoms with E-state index in [1.165, 1.54) is 18.2 Å². The standard InChI is InChI=1S/C14H20ClFN2O/c1-9(2)5-10(8-17)6-14(19)18-11-3-4-13(16)12(15)7-11/h3-4,7,9-10H,5-6,8,17H2,1-2H3,(H,18,19). The van der Waals surface area contributed by atoms with Crippen LogP contribution in [0.25, 0.3) is 0 Å². The summed E-state index contributed by atoms with van der Waals surface area (Å²) in [5.41, 5.74) is 6.15. The van der Waals surface area contributed by atoms with Crippen LogP contribution in [0.15, 0.2) is 18.2 Å². The molecule has 0 spiro atoms. The minimum atomic E-state index is -0.501. The third-order valence-corrected chi connectivity index (χ3v) is 3.11. The maximum Gasteiger partial charge on any atom is 0.224 e. The molecule has 0 radical (unpaired) electrons. The molecule has 0 aliphatic rings. The SMILES string of the molecule is CC(C)CC(CN)CC(=O)Nc1ccc(F)c(Cl)c1. The molecule has 1 unspecified atom stereocenters. The first-order valence-electron chi connectivity index (χ1n) is 6.37. The van der Waals surface area contributed by atoms with Crippen molar-refractivity contribution in [1.29, 1.82) is 0 Å². The number of hydrogen-bond acceptors (Lipinski definition) is 2. The van der Waals surface area contributed by atoms with Crippen molar-refractivity contribution in [2.75, 3.05) is 11.9 Å². The van der Waals surface area contributed by atoms with E-state index in [1.807, 2.05) is 0 Å². The van der Waals surface area contributed by atoms with Crippen LogP contribution >= 0.6 is 11.6 Å². The second-order valence-electron chi connectivity index (χ2n) is 5.11. The lowest BCUT2D eigenvalue weighted by Gasteiger charge is -2.16. The fourth-order valence-corrected chi connectivity index (χ4v) is 2.16. The molecule has 0 heterocycles. The van der Waals surface area contributed by atoms with Gasteiger partial charge in [-0.1, -0.05) is 25.4 Å². The van der Waals surface area contributed by atoms with Crippen molar-refractivity contribution < 1.29 is 9.18 Å². The highest BCUT2D eigenvalue weighted by atomic mass is 35.5. The zero-order valence-electron chi connectivity index (χ0n) is 11.2. The number of carbonyl (C=O) groups excluding carboxylic acids is 1. The number of carbonyl (C=O) groups is 1. The number of nitrogens with one attached hydrogen (secondary N) is 1. The topological polar surface area (TPSA) is 55.1 Å². The van der Waals surface area contributed by atoms with Gasteiger partial charge >= 0.3 is 0 Å². The number of amides is 1. The number of rotatable bonds is 6. The second kappa shape index (κ2) is 7.46. The van der Waals surface area contributed by atoms with Crippen molar-refractivity contribution in [3.05, 3.63) is 29.0 Å². The lowest BCUT2D eigenvalue weighted by atomic mass is 9.94. The molecule has 1 aromatic carbocycles. The number of halogens is 2. The highest BCUT2D eigenvalue weighted by Crippen LogP contribution is 2.20. The number of hydrogen-bond donors (Lipinski definition) is 2. The van der Waals surface area contributed by atoms with E-state index < -0.39 is 5.82 Å². The van der Waals surface area contributed by atoms with Gasteiger partial charge in [-0.25, -0.2) is 4.39 Å². The molecule has 0 aliphatic heterocycles. The molecule has 3 nitrogen and oxygen atoms in total. The molecule has 19 heavy (non-hydrogen) atoms. The molecule has 3 N–H and O–H groups in total. The summed E-state index contributed by atoms with van der Waals surface area (Å²) in [7, 11) is 0. The number of benzene rings is 1. The first-order chi connectivity index (χ1) is 8.92. The Morgan fingerprint density at radius 1 is 1.47 bits per heavy atom. The Labute approximate surface area is 118 Å². The van der Waals surface area contributed by atoms with Crippen LogP contribution in [0.4, 0.5) is 10.1 Å². The van der Waals surface area contributed by atoms with Gasteiger partial charge in [0.05, 0.1) is 5.02 Å². The quantitative estimate of drug-likeness (QED) is 0.842. The van der Waals surface area contributed by atoms with E-state index in [0.717, 1.165) is 6.42 Å². The van der Waals surface area contributed by atoms with Gasteiger partial charge in [0, 0.05) is 12.1 Å². The maximum absolute atomic E-state index is 13.0. The average Bonchev–Trinajstić information content (AvgIpc) is 2.32. The largest absolute Gasteiger partial charge is 0.330 e. The van der Waals surface area contributed by atoms with Gasteiger partial charge in [0.25, 0.3) is 0 Å². The molecule has 1 aromatic rings. The van der Waals surface area contributed by atoms with E-state index in [4.69, 9.17) is 17.3 Å². The molecule has 0 aliphatic carbocycles. The molecule has 1 amide bonds. The molecule has 1 rings (SSSR count). The van der Waals surface area contributed by atoms with E-state index in [0.29, 0.717) is 24.6 Å². The summed E-state index contributed by atoms with van der Waals surface area (Å²) in [6.45, 7) is 4.68. The first kappa shape index (κ1) is 15.9. The van der Waals surface area contributed by atoms with Gasteiger partial charge in [-0.3, -0.25) is 4.79 Å². The predicted octanol–water partition coefficient (Wildman–Crippen LogP) is 3.43. The molecular formula is C14H20ClFN2O. The Morgan fingerprint density at radius 3 is 2.68 bits per heavy atom. The van der Waals surface area contributed by atoms with Crippen molar-refractivity contribution >= 4 is 23.2 Å². The zero-order valence-corrected chi connectivity index (χ0v) is 12.0. The molecule has 0 aromatic heterocycles. The fraction of sp³-hybridized carbons (Fsp3) is 0.500. The lowest BCUT2D eigenvalue weighted by Crippen LogP contribution is -2.23. The summed E-state index contributed by atoms with van der Waals surface area (Å²) in [5, 5.41) is 2.70. The first-order valence-corrected chi connectivity index (χ1v) is 6.75. The van der Waals surface area contributed by atoms with Crippen LogP contribution < -0.4 is 11.1 Å². The summed E-state index contributed by atoms with van der Waals surface area (Å²) in [6.07, 6.45) is 1.28. The highest BCUT2D eigenvalue weighted by Gasteiger charge is 2.14. The summed E-state index contributed by atoms with van der Waals surface area (Å²) < 4.78 is 13.0. The van der Waals surface area contributed by atoms with Crippen LogP contribution in [-0.2, 0) is 4.79 Å². The molecular weight excluding hydrogens is 267 g/mol. The normalized spacial score (nSPS) is 12.5. The van der Waals surface area contributed by atoms with Gasteiger partial charge in [0.1, 0.15) is 5.82 Å². The Bertz CT molecular complexity index is 437. The highest BCUT2D eigenvalue weighted by molar-refractivity contribution is 6.31. The van der Waals surface area contributed by atoms with Crippen molar-refractivity contribution in [2.24, 2.45) is 17.6 Å². The van der Waals surface area contributed by atoms with Crippen LogP contribution in [0.3, 0.4) is 0 Å². The van der Waals surface area contributed by atoms with Crippen LogP contribution in [0.2, 0.25) is 5.02 Å². The predicted molar refractivity (Wildman–Crippen MR) is 76.7 cm³/mol. The van der Waals surface area contributed by atoms with Crippen molar-refractivity contribution in [3.63, 3.8) is 0 Å². The van der Waals surface area contributed by atoms with E-state index in [-0.39, 0.29) is 16.8 Å². The second-order valence-corrected chi connectivity index (χ2v) is 5.52. The molecule has 0 saturated heterocycles. The summed E-state index contributed by atoms with van der Waals surface area (Å²) in [6, 6.07) is 4.11. The van der Waals surface area contributed by atoms with Gasteiger partial charge in [0.2, 0.25) is 5.91 Å². The molecule has 0 bridgehead atoms. The van der Waals surface area contributed by atoms with E-state index >= 15 is 0 Å². The summed E-state index contributed by atoms with van der Waals surface area (Å²) >= 11 is 5.65. The number of anilines is 1. The van der Waals surface area contributed by atoms with Gasteiger partial charge in [-0.15, -0.1) is 0 Å². The van der Waals surface area contributed by atoms with Crippen LogP contribution in [0.1, 0.15) is 26.7 Å². The maximum atomic E-state index is 13.0. The van der Waals surface area contributed by atoms with E-state index in [1.54, 1.807) is 0 Å². The van der Waals surface area contributed by atoms with Crippen molar-refractivity contribution in [1.82, 2.24) is 0 Å². The third-order valence-electron chi connectivity index (χ3n) is 2.82.